The standard InChI is InChI=1S/C7H12F2N2O2/c1-7(13,6(8)9)3-11-2-4(10)5(11)12/h4,6,13H,2-3,10H2,1H3. The van der Waals surface area contributed by atoms with Gasteiger partial charge in [-0.05, 0) is 6.92 Å². The lowest BCUT2D eigenvalue weighted by Crippen LogP contribution is -2.64. The van der Waals surface area contributed by atoms with Gasteiger partial charge in [0.2, 0.25) is 5.91 Å². The third-order valence-electron chi connectivity index (χ3n) is 2.03. The molecular formula is C7H12F2N2O2. The average molecular weight is 194 g/mol. The largest absolute Gasteiger partial charge is 0.382 e. The van der Waals surface area contributed by atoms with Crippen LogP contribution in [0.15, 0.2) is 0 Å². The lowest BCUT2D eigenvalue weighted by Gasteiger charge is -2.40. The highest BCUT2D eigenvalue weighted by atomic mass is 19.3. The van der Waals surface area contributed by atoms with Gasteiger partial charge in [-0.3, -0.25) is 4.79 Å². The molecule has 0 radical (unpaired) electrons. The Morgan fingerprint density at radius 1 is 1.85 bits per heavy atom. The van der Waals surface area contributed by atoms with E-state index in [-0.39, 0.29) is 19.0 Å². The molecule has 6 heteroatoms. The molecule has 1 rings (SSSR count). The maximum atomic E-state index is 12.1. The minimum Gasteiger partial charge on any atom is -0.382 e. The molecule has 0 aliphatic carbocycles. The quantitative estimate of drug-likeness (QED) is 0.576. The average Bonchev–Trinajstić information content (AvgIpc) is 2.03. The number of carbonyl (C=O) groups excluding carboxylic acids is 1. The first-order valence-electron chi connectivity index (χ1n) is 3.89. The number of halogens is 2. The van der Waals surface area contributed by atoms with Crippen LogP contribution in [-0.2, 0) is 4.79 Å². The number of carbonyl (C=O) groups is 1. The van der Waals surface area contributed by atoms with Crippen LogP contribution in [0.5, 0.6) is 0 Å². The third kappa shape index (κ3) is 1.94. The van der Waals surface area contributed by atoms with E-state index in [4.69, 9.17) is 10.8 Å². The molecule has 0 aromatic heterocycles. The molecule has 1 amide bonds. The summed E-state index contributed by atoms with van der Waals surface area (Å²) in [5, 5.41) is 9.15. The van der Waals surface area contributed by atoms with Gasteiger partial charge in [0.15, 0.2) is 0 Å². The van der Waals surface area contributed by atoms with E-state index >= 15 is 0 Å². The number of alkyl halides is 2. The second-order valence-corrected chi connectivity index (χ2v) is 3.48. The molecule has 76 valence electrons. The first kappa shape index (κ1) is 10.3. The van der Waals surface area contributed by atoms with Gasteiger partial charge in [-0.15, -0.1) is 0 Å². The zero-order chi connectivity index (χ0) is 10.2. The highest BCUT2D eigenvalue weighted by molar-refractivity contribution is 5.87. The first-order chi connectivity index (χ1) is 5.84. The molecule has 2 unspecified atom stereocenters. The number of aliphatic hydroxyl groups is 1. The number of amides is 1. The first-order valence-corrected chi connectivity index (χ1v) is 3.89. The minimum atomic E-state index is -2.86. The number of rotatable bonds is 3. The predicted octanol–water partition coefficient (Wildman–Crippen LogP) is -0.828. The van der Waals surface area contributed by atoms with Crippen molar-refractivity contribution in [1.82, 2.24) is 4.90 Å². The maximum absolute atomic E-state index is 12.1. The van der Waals surface area contributed by atoms with Crippen LogP contribution in [-0.4, -0.2) is 47.1 Å². The van der Waals surface area contributed by atoms with Gasteiger partial charge in [0.1, 0.15) is 11.6 Å². The number of β-amino-alcohol motifs (C(OH)–C–C–N with tert-alkyl or cyclic N) is 1. The molecule has 13 heavy (non-hydrogen) atoms. The van der Waals surface area contributed by atoms with Crippen LogP contribution in [0.25, 0.3) is 0 Å². The van der Waals surface area contributed by atoms with Crippen LogP contribution < -0.4 is 5.73 Å². The van der Waals surface area contributed by atoms with E-state index in [1.807, 2.05) is 0 Å². The fraction of sp³-hybridized carbons (Fsp3) is 0.857. The molecule has 0 bridgehead atoms. The van der Waals surface area contributed by atoms with E-state index in [1.165, 1.54) is 0 Å². The Labute approximate surface area is 74.3 Å². The van der Waals surface area contributed by atoms with Crippen LogP contribution >= 0.6 is 0 Å². The number of nitrogens with two attached hydrogens (primary N) is 1. The summed E-state index contributed by atoms with van der Waals surface area (Å²) in [6.07, 6.45) is -2.86. The van der Waals surface area contributed by atoms with Crippen molar-refractivity contribution >= 4 is 5.91 Å². The van der Waals surface area contributed by atoms with Gasteiger partial charge in [0.05, 0.1) is 6.54 Å². The molecular weight excluding hydrogens is 182 g/mol. The number of hydrogen-bond donors (Lipinski definition) is 2. The summed E-state index contributed by atoms with van der Waals surface area (Å²) in [5.74, 6) is -0.388. The maximum Gasteiger partial charge on any atom is 0.268 e. The lowest BCUT2D eigenvalue weighted by molar-refractivity contribution is -0.154. The van der Waals surface area contributed by atoms with Crippen molar-refractivity contribution in [2.24, 2.45) is 5.73 Å². The molecule has 1 aliphatic heterocycles. The van der Waals surface area contributed by atoms with E-state index < -0.39 is 18.1 Å². The third-order valence-corrected chi connectivity index (χ3v) is 2.03. The molecule has 1 fully saturated rings. The van der Waals surface area contributed by atoms with Gasteiger partial charge in [0.25, 0.3) is 6.43 Å². The van der Waals surface area contributed by atoms with Crippen molar-refractivity contribution in [3.05, 3.63) is 0 Å². The topological polar surface area (TPSA) is 66.6 Å². The summed E-state index contributed by atoms with van der Waals surface area (Å²) in [6, 6.07) is -0.589. The molecule has 0 aromatic carbocycles. The SMILES string of the molecule is CC(O)(CN1CC(N)C1=O)C(F)F. The Morgan fingerprint density at radius 3 is 2.69 bits per heavy atom. The van der Waals surface area contributed by atoms with E-state index in [9.17, 15) is 13.6 Å². The molecule has 1 saturated heterocycles. The van der Waals surface area contributed by atoms with Crippen molar-refractivity contribution in [3.63, 3.8) is 0 Å². The molecule has 2 atom stereocenters. The van der Waals surface area contributed by atoms with E-state index in [2.05, 4.69) is 0 Å². The van der Waals surface area contributed by atoms with Crippen molar-refractivity contribution in [3.8, 4) is 0 Å². The van der Waals surface area contributed by atoms with Crippen molar-refractivity contribution in [1.29, 1.82) is 0 Å². The van der Waals surface area contributed by atoms with Crippen molar-refractivity contribution in [2.45, 2.75) is 25.0 Å². The Bertz CT molecular complexity index is 221. The van der Waals surface area contributed by atoms with E-state index in [0.29, 0.717) is 0 Å². The summed E-state index contributed by atoms with van der Waals surface area (Å²) >= 11 is 0. The van der Waals surface area contributed by atoms with Gasteiger partial charge in [-0.1, -0.05) is 0 Å². The van der Waals surface area contributed by atoms with Gasteiger partial charge in [-0.2, -0.15) is 0 Å². The zero-order valence-corrected chi connectivity index (χ0v) is 7.20. The summed E-state index contributed by atoms with van der Waals surface area (Å²) in [5.41, 5.74) is 3.10. The summed E-state index contributed by atoms with van der Waals surface area (Å²) in [6.45, 7) is 0.869. The van der Waals surface area contributed by atoms with E-state index in [0.717, 1.165) is 11.8 Å². The smallest absolute Gasteiger partial charge is 0.268 e. The highest BCUT2D eigenvalue weighted by Crippen LogP contribution is 2.19. The Morgan fingerprint density at radius 2 is 2.38 bits per heavy atom. The van der Waals surface area contributed by atoms with E-state index in [1.54, 1.807) is 0 Å². The normalized spacial score (nSPS) is 27.4. The van der Waals surface area contributed by atoms with Gasteiger partial charge >= 0.3 is 0 Å². The molecule has 0 spiro atoms. The van der Waals surface area contributed by atoms with Crippen molar-refractivity contribution < 1.29 is 18.7 Å². The van der Waals surface area contributed by atoms with Gasteiger partial charge < -0.3 is 15.7 Å². The molecule has 0 aromatic rings. The predicted molar refractivity (Wildman–Crippen MR) is 41.2 cm³/mol. The fourth-order valence-electron chi connectivity index (χ4n) is 1.13. The minimum absolute atomic E-state index is 0.238. The van der Waals surface area contributed by atoms with Crippen LogP contribution in [0.3, 0.4) is 0 Å². The second-order valence-electron chi connectivity index (χ2n) is 3.48. The Hall–Kier alpha value is -0.750. The van der Waals surface area contributed by atoms with Crippen molar-refractivity contribution in [2.75, 3.05) is 13.1 Å². The number of nitrogens with zero attached hydrogens (tertiary/aromatic N) is 1. The summed E-state index contributed by atoms with van der Waals surface area (Å²) < 4.78 is 24.3. The molecule has 4 nitrogen and oxygen atoms in total. The van der Waals surface area contributed by atoms with Crippen LogP contribution in [0.4, 0.5) is 8.78 Å². The molecule has 0 saturated carbocycles. The van der Waals surface area contributed by atoms with Gasteiger partial charge in [-0.25, -0.2) is 8.78 Å². The fourth-order valence-corrected chi connectivity index (χ4v) is 1.13. The summed E-state index contributed by atoms with van der Waals surface area (Å²) in [4.78, 5) is 12.0. The summed E-state index contributed by atoms with van der Waals surface area (Å²) in [7, 11) is 0. The second kappa shape index (κ2) is 3.19. The van der Waals surface area contributed by atoms with Crippen LogP contribution in [0.1, 0.15) is 6.92 Å². The molecule has 1 aliphatic rings. The Balaban J connectivity index is 2.46. The van der Waals surface area contributed by atoms with Crippen LogP contribution in [0, 0.1) is 0 Å². The molecule has 1 heterocycles. The zero-order valence-electron chi connectivity index (χ0n) is 7.20. The van der Waals surface area contributed by atoms with Crippen LogP contribution in [0.2, 0.25) is 0 Å². The lowest BCUT2D eigenvalue weighted by atomic mass is 10.0. The number of hydrogen-bond acceptors (Lipinski definition) is 3. The monoisotopic (exact) mass is 194 g/mol. The Kier molecular flexibility index (Phi) is 2.53. The van der Waals surface area contributed by atoms with Gasteiger partial charge in [0, 0.05) is 6.54 Å². The number of likely N-dealkylation sites (tertiary alicyclic amines) is 1. The highest BCUT2D eigenvalue weighted by Gasteiger charge is 2.41. The molecule has 3 N–H and O–H groups in total. The number of β-lactam (4-membered cyclic amide) rings is 1.